The van der Waals surface area contributed by atoms with Crippen molar-refractivity contribution in [3.63, 3.8) is 0 Å². The summed E-state index contributed by atoms with van der Waals surface area (Å²) in [5.74, 6) is -0.0449. The van der Waals surface area contributed by atoms with Crippen LogP contribution in [-0.2, 0) is 4.79 Å². The third-order valence-corrected chi connectivity index (χ3v) is 2.32. The van der Waals surface area contributed by atoms with Crippen molar-refractivity contribution in [2.45, 2.75) is 30.1 Å². The summed E-state index contributed by atoms with van der Waals surface area (Å²) in [5, 5.41) is 11.6. The average Bonchev–Trinajstić information content (AvgIpc) is 2.69. The molecule has 1 saturated carbocycles. The van der Waals surface area contributed by atoms with Crippen molar-refractivity contribution < 1.29 is 9.90 Å². The summed E-state index contributed by atoms with van der Waals surface area (Å²) in [6, 6.07) is 0. The zero-order chi connectivity index (χ0) is 8.48. The van der Waals surface area contributed by atoms with Crippen LogP contribution in [-0.4, -0.2) is 28.0 Å². The first kappa shape index (κ1) is 9.00. The van der Waals surface area contributed by atoms with Crippen molar-refractivity contribution in [1.29, 1.82) is 0 Å². The SMILES string of the molecule is CC(Br)C(=O)NC1(CO)CC1. The van der Waals surface area contributed by atoms with Crippen molar-refractivity contribution in [3.8, 4) is 0 Å². The Kier molecular flexibility index (Phi) is 2.54. The maximum Gasteiger partial charge on any atom is 0.234 e. The smallest absolute Gasteiger partial charge is 0.234 e. The molecule has 64 valence electrons. The van der Waals surface area contributed by atoms with Gasteiger partial charge in [0.15, 0.2) is 0 Å². The van der Waals surface area contributed by atoms with Gasteiger partial charge in [-0.15, -0.1) is 0 Å². The monoisotopic (exact) mass is 221 g/mol. The molecule has 1 amide bonds. The molecule has 0 bridgehead atoms. The molecule has 0 radical (unpaired) electrons. The predicted molar refractivity (Wildman–Crippen MR) is 45.6 cm³/mol. The van der Waals surface area contributed by atoms with Crippen molar-refractivity contribution in [3.05, 3.63) is 0 Å². The van der Waals surface area contributed by atoms with E-state index in [1.807, 2.05) is 0 Å². The van der Waals surface area contributed by atoms with Crippen LogP contribution in [0.3, 0.4) is 0 Å². The van der Waals surface area contributed by atoms with Crippen molar-refractivity contribution in [2.75, 3.05) is 6.61 Å². The van der Waals surface area contributed by atoms with Gasteiger partial charge >= 0.3 is 0 Å². The van der Waals surface area contributed by atoms with Gasteiger partial charge in [-0.25, -0.2) is 0 Å². The quantitative estimate of drug-likeness (QED) is 0.679. The van der Waals surface area contributed by atoms with Crippen LogP contribution in [0.15, 0.2) is 0 Å². The van der Waals surface area contributed by atoms with Crippen LogP contribution in [0.25, 0.3) is 0 Å². The highest BCUT2D eigenvalue weighted by molar-refractivity contribution is 9.10. The van der Waals surface area contributed by atoms with Gasteiger partial charge in [0, 0.05) is 0 Å². The fraction of sp³-hybridized carbons (Fsp3) is 0.857. The summed E-state index contributed by atoms with van der Waals surface area (Å²) in [6.07, 6.45) is 1.80. The topological polar surface area (TPSA) is 49.3 Å². The Balaban J connectivity index is 2.36. The van der Waals surface area contributed by atoms with Crippen molar-refractivity contribution in [1.82, 2.24) is 5.32 Å². The largest absolute Gasteiger partial charge is 0.394 e. The maximum absolute atomic E-state index is 11.1. The molecule has 3 nitrogen and oxygen atoms in total. The highest BCUT2D eigenvalue weighted by Gasteiger charge is 2.43. The van der Waals surface area contributed by atoms with Crippen LogP contribution in [0.5, 0.6) is 0 Å². The first-order chi connectivity index (χ1) is 5.09. The molecular weight excluding hydrogens is 210 g/mol. The number of amides is 1. The molecule has 1 aliphatic carbocycles. The summed E-state index contributed by atoms with van der Waals surface area (Å²) in [7, 11) is 0. The van der Waals surface area contributed by atoms with Gasteiger partial charge < -0.3 is 10.4 Å². The summed E-state index contributed by atoms with van der Waals surface area (Å²) < 4.78 is 0. The molecule has 4 heteroatoms. The van der Waals surface area contributed by atoms with Gasteiger partial charge in [0.1, 0.15) is 0 Å². The molecule has 1 unspecified atom stereocenters. The highest BCUT2D eigenvalue weighted by Crippen LogP contribution is 2.34. The number of aliphatic hydroxyl groups excluding tert-OH is 1. The molecule has 0 aromatic rings. The maximum atomic E-state index is 11.1. The summed E-state index contributed by atoms with van der Waals surface area (Å²) >= 11 is 3.16. The van der Waals surface area contributed by atoms with E-state index in [1.165, 1.54) is 0 Å². The highest BCUT2D eigenvalue weighted by atomic mass is 79.9. The summed E-state index contributed by atoms with van der Waals surface area (Å²) in [4.78, 5) is 10.9. The second-order valence-corrected chi connectivity index (χ2v) is 4.42. The third-order valence-electron chi connectivity index (χ3n) is 1.91. The molecule has 2 N–H and O–H groups in total. The molecule has 0 aliphatic heterocycles. The van der Waals surface area contributed by atoms with Crippen molar-refractivity contribution in [2.24, 2.45) is 0 Å². The van der Waals surface area contributed by atoms with E-state index in [-0.39, 0.29) is 22.9 Å². The van der Waals surface area contributed by atoms with E-state index < -0.39 is 0 Å². The first-order valence-electron chi connectivity index (χ1n) is 3.67. The second kappa shape index (κ2) is 3.11. The Bertz CT molecular complexity index is 166. The standard InChI is InChI=1S/C7H12BrNO2/c1-5(8)6(11)9-7(4-10)2-3-7/h5,10H,2-4H2,1H3,(H,9,11). The number of nitrogens with one attached hydrogen (secondary N) is 1. The number of carbonyl (C=O) groups excluding carboxylic acids is 1. The van der Waals surface area contributed by atoms with Crippen LogP contribution in [0.4, 0.5) is 0 Å². The molecule has 11 heavy (non-hydrogen) atoms. The van der Waals surface area contributed by atoms with Crippen LogP contribution in [0.1, 0.15) is 19.8 Å². The third kappa shape index (κ3) is 2.17. The first-order valence-corrected chi connectivity index (χ1v) is 4.58. The van der Waals surface area contributed by atoms with E-state index in [0.29, 0.717) is 0 Å². The van der Waals surface area contributed by atoms with E-state index in [4.69, 9.17) is 5.11 Å². The number of carbonyl (C=O) groups is 1. The van der Waals surface area contributed by atoms with E-state index in [0.717, 1.165) is 12.8 Å². The Hall–Kier alpha value is -0.0900. The van der Waals surface area contributed by atoms with Gasteiger partial charge in [0.05, 0.1) is 17.0 Å². The Morgan fingerprint density at radius 3 is 2.64 bits per heavy atom. The van der Waals surface area contributed by atoms with E-state index in [9.17, 15) is 4.79 Å². The van der Waals surface area contributed by atoms with Gasteiger partial charge in [-0.2, -0.15) is 0 Å². The van der Waals surface area contributed by atoms with Gasteiger partial charge in [-0.05, 0) is 19.8 Å². The van der Waals surface area contributed by atoms with Crippen LogP contribution < -0.4 is 5.32 Å². The number of alkyl halides is 1. The minimum absolute atomic E-state index is 0.0449. The molecule has 0 aromatic carbocycles. The van der Waals surface area contributed by atoms with E-state index >= 15 is 0 Å². The van der Waals surface area contributed by atoms with Crippen LogP contribution in [0, 0.1) is 0 Å². The number of halogens is 1. The molecule has 0 spiro atoms. The molecule has 0 aromatic heterocycles. The fourth-order valence-electron chi connectivity index (χ4n) is 0.834. The van der Waals surface area contributed by atoms with Crippen molar-refractivity contribution >= 4 is 21.8 Å². The zero-order valence-corrected chi connectivity index (χ0v) is 8.02. The Morgan fingerprint density at radius 2 is 2.36 bits per heavy atom. The number of hydrogen-bond acceptors (Lipinski definition) is 2. The lowest BCUT2D eigenvalue weighted by molar-refractivity contribution is -0.121. The lowest BCUT2D eigenvalue weighted by Gasteiger charge is -2.14. The van der Waals surface area contributed by atoms with Crippen LogP contribution >= 0.6 is 15.9 Å². The zero-order valence-electron chi connectivity index (χ0n) is 6.43. The number of hydrogen-bond donors (Lipinski definition) is 2. The fourth-order valence-corrected chi connectivity index (χ4v) is 0.949. The van der Waals surface area contributed by atoms with E-state index in [2.05, 4.69) is 21.2 Å². The minimum Gasteiger partial charge on any atom is -0.394 e. The molecule has 0 heterocycles. The number of rotatable bonds is 3. The van der Waals surface area contributed by atoms with Gasteiger partial charge in [-0.3, -0.25) is 4.79 Å². The Labute approximate surface area is 74.3 Å². The molecule has 1 rings (SSSR count). The average molecular weight is 222 g/mol. The van der Waals surface area contributed by atoms with E-state index in [1.54, 1.807) is 6.92 Å². The van der Waals surface area contributed by atoms with Crippen LogP contribution in [0.2, 0.25) is 0 Å². The van der Waals surface area contributed by atoms with Gasteiger partial charge in [-0.1, -0.05) is 15.9 Å². The second-order valence-electron chi connectivity index (χ2n) is 3.04. The van der Waals surface area contributed by atoms with Gasteiger partial charge in [0.25, 0.3) is 0 Å². The molecule has 1 fully saturated rings. The minimum atomic E-state index is -0.279. The Morgan fingerprint density at radius 1 is 1.82 bits per heavy atom. The summed E-state index contributed by atoms with van der Waals surface area (Å²) in [5.41, 5.74) is -0.279. The molecule has 1 aliphatic rings. The summed E-state index contributed by atoms with van der Waals surface area (Å²) in [6.45, 7) is 1.82. The molecule has 1 atom stereocenters. The molecule has 0 saturated heterocycles. The van der Waals surface area contributed by atoms with Gasteiger partial charge in [0.2, 0.25) is 5.91 Å². The lowest BCUT2D eigenvalue weighted by Crippen LogP contribution is -2.42. The number of aliphatic hydroxyl groups is 1. The molecular formula is C7H12BrNO2. The lowest BCUT2D eigenvalue weighted by atomic mass is 10.3. The normalized spacial score (nSPS) is 22.5. The predicted octanol–water partition coefficient (Wildman–Crippen LogP) is 0.411.